The second-order valence-electron chi connectivity index (χ2n) is 7.84. The van der Waals surface area contributed by atoms with Crippen LogP contribution in [-0.4, -0.2) is 48.4 Å². The first kappa shape index (κ1) is 22.5. The maximum Gasteiger partial charge on any atom is 0.274 e. The van der Waals surface area contributed by atoms with Crippen LogP contribution in [0.1, 0.15) is 34.4 Å². The predicted molar refractivity (Wildman–Crippen MR) is 127 cm³/mol. The summed E-state index contributed by atoms with van der Waals surface area (Å²) in [5, 5.41) is 0.798. The number of ether oxygens (including phenoxy) is 1. The summed E-state index contributed by atoms with van der Waals surface area (Å²) < 4.78 is 29.9. The van der Waals surface area contributed by atoms with Crippen molar-refractivity contribution in [1.82, 2.24) is 9.88 Å². The molecule has 3 aromatic rings. The van der Waals surface area contributed by atoms with Gasteiger partial charge in [-0.1, -0.05) is 42.5 Å². The summed E-state index contributed by atoms with van der Waals surface area (Å²) >= 11 is 1.48. The van der Waals surface area contributed by atoms with E-state index in [1.54, 1.807) is 4.90 Å². The molecule has 1 atom stereocenters. The number of carbonyl (C=O) groups is 1. The Hall–Kier alpha value is -2.71. The zero-order valence-corrected chi connectivity index (χ0v) is 19.8. The Balaban J connectivity index is 1.68. The van der Waals surface area contributed by atoms with E-state index in [-0.39, 0.29) is 23.5 Å². The molecule has 168 valence electrons. The van der Waals surface area contributed by atoms with Gasteiger partial charge in [0.25, 0.3) is 5.91 Å². The maximum atomic E-state index is 13.8. The highest BCUT2D eigenvalue weighted by Gasteiger charge is 2.36. The lowest BCUT2D eigenvalue weighted by atomic mass is 10.1. The molecule has 1 unspecified atom stereocenters. The minimum atomic E-state index is -3.15. The molecule has 1 aliphatic rings. The van der Waals surface area contributed by atoms with Gasteiger partial charge in [0.15, 0.2) is 9.84 Å². The highest BCUT2D eigenvalue weighted by Crippen LogP contribution is 2.32. The quantitative estimate of drug-likeness (QED) is 0.513. The van der Waals surface area contributed by atoms with Gasteiger partial charge >= 0.3 is 0 Å². The number of benzene rings is 2. The zero-order chi connectivity index (χ0) is 22.7. The van der Waals surface area contributed by atoms with E-state index in [0.717, 1.165) is 26.8 Å². The third kappa shape index (κ3) is 5.02. The van der Waals surface area contributed by atoms with Gasteiger partial charge in [0.1, 0.15) is 11.4 Å². The van der Waals surface area contributed by atoms with Crippen molar-refractivity contribution in [3.63, 3.8) is 0 Å². The first-order valence-electron chi connectivity index (χ1n) is 10.6. The summed E-state index contributed by atoms with van der Waals surface area (Å²) in [7, 11) is -3.15. The molecule has 8 heteroatoms. The molecule has 6 nitrogen and oxygen atoms in total. The molecule has 0 saturated carbocycles. The average Bonchev–Trinajstić information content (AvgIpc) is 3.35. The number of thiazole rings is 1. The van der Waals surface area contributed by atoms with E-state index in [1.807, 2.05) is 68.4 Å². The van der Waals surface area contributed by atoms with Crippen molar-refractivity contribution in [2.45, 2.75) is 32.9 Å². The number of sulfone groups is 1. The van der Waals surface area contributed by atoms with Crippen LogP contribution in [0, 0.1) is 6.92 Å². The minimum absolute atomic E-state index is 0.0143. The Bertz CT molecular complexity index is 1190. The number of aromatic nitrogens is 1. The molecule has 1 aliphatic heterocycles. The number of hydrogen-bond donors (Lipinski definition) is 0. The zero-order valence-electron chi connectivity index (χ0n) is 18.2. The molecule has 1 fully saturated rings. The van der Waals surface area contributed by atoms with E-state index in [9.17, 15) is 13.2 Å². The average molecular weight is 471 g/mol. The van der Waals surface area contributed by atoms with Gasteiger partial charge in [-0.2, -0.15) is 0 Å². The van der Waals surface area contributed by atoms with Gasteiger partial charge in [-0.3, -0.25) is 4.79 Å². The first-order valence-corrected chi connectivity index (χ1v) is 13.3. The molecule has 1 amide bonds. The molecular formula is C24H26N2O4S2. The standard InChI is InChI=1S/C24H26N2O4S2/c1-3-30-21-11-9-18(10-12-21)15-26(20-13-14-32(28,29)16-20)24(27)22-23(31-17(2)25-22)19-7-5-4-6-8-19/h4-12,20H,3,13-16H2,1-2H3. The van der Waals surface area contributed by atoms with Crippen molar-refractivity contribution in [3.05, 3.63) is 70.9 Å². The van der Waals surface area contributed by atoms with Crippen molar-refractivity contribution >= 4 is 27.1 Å². The van der Waals surface area contributed by atoms with Gasteiger partial charge in [0.2, 0.25) is 0 Å². The van der Waals surface area contributed by atoms with Crippen LogP contribution in [0.15, 0.2) is 54.6 Å². The van der Waals surface area contributed by atoms with Gasteiger partial charge in [0.05, 0.1) is 28.0 Å². The molecule has 0 aliphatic carbocycles. The third-order valence-corrected chi connectivity index (χ3v) is 8.24. The number of carbonyl (C=O) groups excluding carboxylic acids is 1. The summed E-state index contributed by atoms with van der Waals surface area (Å²) in [6.07, 6.45) is 0.439. The fraction of sp³-hybridized carbons (Fsp3) is 0.333. The van der Waals surface area contributed by atoms with Crippen molar-refractivity contribution in [2.24, 2.45) is 0 Å². The highest BCUT2D eigenvalue weighted by atomic mass is 32.2. The molecular weight excluding hydrogens is 444 g/mol. The SMILES string of the molecule is CCOc1ccc(CN(C(=O)c2nc(C)sc2-c2ccccc2)C2CCS(=O)(=O)C2)cc1. The molecule has 2 heterocycles. The van der Waals surface area contributed by atoms with Gasteiger partial charge in [0, 0.05) is 12.6 Å². The molecule has 4 rings (SSSR count). The van der Waals surface area contributed by atoms with Gasteiger partial charge in [-0.15, -0.1) is 11.3 Å². The second kappa shape index (κ2) is 9.42. The minimum Gasteiger partial charge on any atom is -0.494 e. The number of nitrogens with zero attached hydrogens (tertiary/aromatic N) is 2. The fourth-order valence-corrected chi connectivity index (χ4v) is 6.58. The molecule has 1 aromatic heterocycles. The maximum absolute atomic E-state index is 13.8. The van der Waals surface area contributed by atoms with Crippen LogP contribution in [0.5, 0.6) is 5.75 Å². The smallest absolute Gasteiger partial charge is 0.274 e. The molecule has 0 radical (unpaired) electrons. The summed E-state index contributed by atoms with van der Waals surface area (Å²) in [4.78, 5) is 20.8. The molecule has 32 heavy (non-hydrogen) atoms. The number of rotatable bonds is 7. The molecule has 1 saturated heterocycles. The van der Waals surface area contributed by atoms with Crippen molar-refractivity contribution in [2.75, 3.05) is 18.1 Å². The van der Waals surface area contributed by atoms with Crippen LogP contribution in [0.4, 0.5) is 0 Å². The summed E-state index contributed by atoms with van der Waals surface area (Å²) in [6, 6.07) is 16.9. The summed E-state index contributed by atoms with van der Waals surface area (Å²) in [5.41, 5.74) is 2.23. The van der Waals surface area contributed by atoms with Crippen molar-refractivity contribution in [3.8, 4) is 16.2 Å². The van der Waals surface area contributed by atoms with E-state index in [1.165, 1.54) is 11.3 Å². The number of hydrogen-bond acceptors (Lipinski definition) is 6. The summed E-state index contributed by atoms with van der Waals surface area (Å²) in [6.45, 7) is 4.70. The van der Waals surface area contributed by atoms with E-state index >= 15 is 0 Å². The van der Waals surface area contributed by atoms with Crippen LogP contribution in [-0.2, 0) is 16.4 Å². The van der Waals surface area contributed by atoms with E-state index in [0.29, 0.717) is 25.3 Å². The van der Waals surface area contributed by atoms with Crippen LogP contribution in [0.25, 0.3) is 10.4 Å². The third-order valence-electron chi connectivity index (χ3n) is 5.47. The van der Waals surface area contributed by atoms with Crippen molar-refractivity contribution in [1.29, 1.82) is 0 Å². The summed E-state index contributed by atoms with van der Waals surface area (Å²) in [5.74, 6) is 0.620. The molecule has 0 N–H and O–H groups in total. The Morgan fingerprint density at radius 2 is 1.88 bits per heavy atom. The Morgan fingerprint density at radius 1 is 1.16 bits per heavy atom. The van der Waals surface area contributed by atoms with E-state index in [4.69, 9.17) is 4.74 Å². The largest absolute Gasteiger partial charge is 0.494 e. The van der Waals surface area contributed by atoms with Crippen LogP contribution >= 0.6 is 11.3 Å². The van der Waals surface area contributed by atoms with Gasteiger partial charge in [-0.25, -0.2) is 13.4 Å². The van der Waals surface area contributed by atoms with Crippen LogP contribution in [0.2, 0.25) is 0 Å². The monoisotopic (exact) mass is 470 g/mol. The van der Waals surface area contributed by atoms with E-state index in [2.05, 4.69) is 4.98 Å². The van der Waals surface area contributed by atoms with E-state index < -0.39 is 9.84 Å². The van der Waals surface area contributed by atoms with Gasteiger partial charge in [-0.05, 0) is 43.5 Å². The number of aryl methyl sites for hydroxylation is 1. The molecule has 2 aromatic carbocycles. The lowest BCUT2D eigenvalue weighted by molar-refractivity contribution is 0.0676. The topological polar surface area (TPSA) is 76.6 Å². The first-order chi connectivity index (χ1) is 15.4. The Morgan fingerprint density at radius 3 is 2.50 bits per heavy atom. The fourth-order valence-electron chi connectivity index (χ4n) is 3.94. The molecule has 0 spiro atoms. The Kier molecular flexibility index (Phi) is 6.62. The lowest BCUT2D eigenvalue weighted by Crippen LogP contribution is -2.41. The lowest BCUT2D eigenvalue weighted by Gasteiger charge is -2.28. The Labute approximate surface area is 192 Å². The number of amides is 1. The highest BCUT2D eigenvalue weighted by molar-refractivity contribution is 7.91. The predicted octanol–water partition coefficient (Wildman–Crippen LogP) is 4.35. The van der Waals surface area contributed by atoms with Crippen LogP contribution in [0.3, 0.4) is 0 Å². The van der Waals surface area contributed by atoms with Gasteiger partial charge < -0.3 is 9.64 Å². The van der Waals surface area contributed by atoms with Crippen molar-refractivity contribution < 1.29 is 17.9 Å². The van der Waals surface area contributed by atoms with Crippen LogP contribution < -0.4 is 4.74 Å². The normalized spacial score (nSPS) is 17.2. The second-order valence-corrected chi connectivity index (χ2v) is 11.3. The molecule has 0 bridgehead atoms.